The van der Waals surface area contributed by atoms with Crippen LogP contribution in [0.5, 0.6) is 5.75 Å². The van der Waals surface area contributed by atoms with Gasteiger partial charge in [-0.25, -0.2) is 4.98 Å². The molecule has 0 saturated carbocycles. The molecule has 0 atom stereocenters. The monoisotopic (exact) mass is 483 g/mol. The molecule has 0 radical (unpaired) electrons. The van der Waals surface area contributed by atoms with Crippen molar-refractivity contribution in [1.82, 2.24) is 20.4 Å². The smallest absolute Gasteiger partial charge is 0.261 e. The number of nitrogens with one attached hydrogen (secondary N) is 1. The van der Waals surface area contributed by atoms with Crippen LogP contribution in [-0.4, -0.2) is 41.2 Å². The van der Waals surface area contributed by atoms with Gasteiger partial charge in [-0.2, -0.15) is 4.98 Å². The Labute approximate surface area is 210 Å². The molecular formula is C28H29N5O3. The van der Waals surface area contributed by atoms with Crippen LogP contribution < -0.4 is 15.0 Å². The van der Waals surface area contributed by atoms with Crippen molar-refractivity contribution in [2.75, 3.05) is 25.1 Å². The summed E-state index contributed by atoms with van der Waals surface area (Å²) in [5, 5.41) is 7.26. The van der Waals surface area contributed by atoms with E-state index in [0.717, 1.165) is 59.8 Å². The first-order chi connectivity index (χ1) is 17.6. The van der Waals surface area contributed by atoms with Crippen LogP contribution in [0.25, 0.3) is 22.8 Å². The Morgan fingerprint density at radius 2 is 1.94 bits per heavy atom. The van der Waals surface area contributed by atoms with Crippen LogP contribution in [0.15, 0.2) is 71.4 Å². The van der Waals surface area contributed by atoms with Gasteiger partial charge < -0.3 is 19.5 Å². The van der Waals surface area contributed by atoms with Crippen molar-refractivity contribution in [3.63, 3.8) is 0 Å². The van der Waals surface area contributed by atoms with Gasteiger partial charge in [-0.3, -0.25) is 4.79 Å². The van der Waals surface area contributed by atoms with E-state index in [1.54, 1.807) is 13.3 Å². The van der Waals surface area contributed by atoms with Crippen LogP contribution in [0, 0.1) is 12.8 Å². The zero-order valence-electron chi connectivity index (χ0n) is 20.5. The average Bonchev–Trinajstić information content (AvgIpc) is 3.42. The Balaban J connectivity index is 1.23. The maximum absolute atomic E-state index is 12.8. The quantitative estimate of drug-likeness (QED) is 0.409. The second kappa shape index (κ2) is 10.6. The molecule has 2 aromatic heterocycles. The van der Waals surface area contributed by atoms with Gasteiger partial charge in [0, 0.05) is 37.3 Å². The lowest BCUT2D eigenvalue weighted by Gasteiger charge is -2.32. The summed E-state index contributed by atoms with van der Waals surface area (Å²) < 4.78 is 10.9. The molecule has 4 aromatic rings. The van der Waals surface area contributed by atoms with E-state index in [-0.39, 0.29) is 11.8 Å². The maximum Gasteiger partial charge on any atom is 0.261 e. The largest absolute Gasteiger partial charge is 0.497 e. The first-order valence-corrected chi connectivity index (χ1v) is 12.1. The Morgan fingerprint density at radius 3 is 2.75 bits per heavy atom. The molecule has 1 aliphatic heterocycles. The van der Waals surface area contributed by atoms with Crippen molar-refractivity contribution in [2.24, 2.45) is 5.92 Å². The molecule has 36 heavy (non-hydrogen) atoms. The Hall–Kier alpha value is -4.20. The second-order valence-electron chi connectivity index (χ2n) is 9.00. The molecule has 1 N–H and O–H groups in total. The van der Waals surface area contributed by atoms with E-state index in [1.807, 2.05) is 67.6 Å². The van der Waals surface area contributed by atoms with E-state index in [9.17, 15) is 4.79 Å². The van der Waals surface area contributed by atoms with Crippen LogP contribution in [0.2, 0.25) is 0 Å². The molecule has 1 fully saturated rings. The van der Waals surface area contributed by atoms with Crippen LogP contribution >= 0.6 is 0 Å². The van der Waals surface area contributed by atoms with Crippen LogP contribution in [0.3, 0.4) is 0 Å². The van der Waals surface area contributed by atoms with Gasteiger partial charge in [0.1, 0.15) is 11.6 Å². The van der Waals surface area contributed by atoms with Crippen LogP contribution in [0.1, 0.15) is 24.0 Å². The maximum atomic E-state index is 12.8. The molecule has 5 rings (SSSR count). The summed E-state index contributed by atoms with van der Waals surface area (Å²) in [5.74, 6) is 2.62. The van der Waals surface area contributed by atoms with E-state index in [0.29, 0.717) is 18.3 Å². The molecule has 8 nitrogen and oxygen atoms in total. The van der Waals surface area contributed by atoms with Gasteiger partial charge in [-0.1, -0.05) is 41.1 Å². The lowest BCUT2D eigenvalue weighted by atomic mass is 9.95. The summed E-state index contributed by atoms with van der Waals surface area (Å²) in [6.07, 6.45) is 3.26. The zero-order chi connectivity index (χ0) is 24.9. The van der Waals surface area contributed by atoms with Crippen molar-refractivity contribution in [3.05, 3.63) is 78.0 Å². The number of nitrogens with zero attached hydrogens (tertiary/aromatic N) is 4. The Kier molecular flexibility index (Phi) is 6.93. The average molecular weight is 484 g/mol. The Bertz CT molecular complexity index is 1340. The lowest BCUT2D eigenvalue weighted by Crippen LogP contribution is -2.40. The zero-order valence-corrected chi connectivity index (χ0v) is 20.5. The third-order valence-electron chi connectivity index (χ3n) is 6.49. The van der Waals surface area contributed by atoms with Crippen molar-refractivity contribution in [2.45, 2.75) is 26.3 Å². The number of aryl methyl sites for hydroxylation is 1. The van der Waals surface area contributed by atoms with E-state index in [4.69, 9.17) is 9.26 Å². The number of benzene rings is 2. The summed E-state index contributed by atoms with van der Waals surface area (Å²) in [6, 6.07) is 19.6. The minimum Gasteiger partial charge on any atom is -0.497 e. The molecule has 1 aliphatic rings. The fraction of sp³-hybridized carbons (Fsp3) is 0.286. The number of hydrogen-bond acceptors (Lipinski definition) is 7. The number of hydrogen-bond donors (Lipinski definition) is 1. The summed E-state index contributed by atoms with van der Waals surface area (Å²) in [6.45, 7) is 3.97. The third-order valence-corrected chi connectivity index (χ3v) is 6.49. The van der Waals surface area contributed by atoms with E-state index < -0.39 is 0 Å². The number of carbonyl (C=O) groups is 1. The van der Waals surface area contributed by atoms with Gasteiger partial charge in [0.2, 0.25) is 11.7 Å². The highest BCUT2D eigenvalue weighted by atomic mass is 16.5. The number of anilines is 1. The highest BCUT2D eigenvalue weighted by molar-refractivity contribution is 5.79. The normalized spacial score (nSPS) is 14.0. The summed E-state index contributed by atoms with van der Waals surface area (Å²) in [7, 11) is 1.64. The number of pyridine rings is 1. The minimum absolute atomic E-state index is 0.0321. The number of piperidine rings is 1. The van der Waals surface area contributed by atoms with Gasteiger partial charge in [0.15, 0.2) is 0 Å². The van der Waals surface area contributed by atoms with Gasteiger partial charge in [0.05, 0.1) is 12.7 Å². The molecule has 1 amide bonds. The van der Waals surface area contributed by atoms with Crippen molar-refractivity contribution >= 4 is 11.7 Å². The molecular weight excluding hydrogens is 454 g/mol. The third kappa shape index (κ3) is 5.22. The number of methoxy groups -OCH3 is 1. The minimum atomic E-state index is -0.0321. The van der Waals surface area contributed by atoms with Crippen LogP contribution in [0.4, 0.5) is 5.82 Å². The first kappa shape index (κ1) is 23.5. The molecule has 0 spiro atoms. The molecule has 3 heterocycles. The molecule has 0 aliphatic carbocycles. The van der Waals surface area contributed by atoms with Gasteiger partial charge in [-0.05, 0) is 55.7 Å². The SMILES string of the molecule is COc1cccc(CNC(=O)C2CCN(c3ncccc3-c3nc(-c4cccc(C)c4)no3)CC2)c1. The fourth-order valence-corrected chi connectivity index (χ4v) is 4.52. The molecule has 1 saturated heterocycles. The summed E-state index contributed by atoms with van der Waals surface area (Å²) in [4.78, 5) is 24.3. The molecule has 8 heteroatoms. The highest BCUT2D eigenvalue weighted by Gasteiger charge is 2.27. The molecule has 0 unspecified atom stereocenters. The second-order valence-corrected chi connectivity index (χ2v) is 9.00. The van der Waals surface area contributed by atoms with Crippen molar-refractivity contribution in [1.29, 1.82) is 0 Å². The summed E-state index contributed by atoms with van der Waals surface area (Å²) in [5.41, 5.74) is 3.86. The van der Waals surface area contributed by atoms with E-state index >= 15 is 0 Å². The molecule has 2 aromatic carbocycles. The number of amides is 1. The van der Waals surface area contributed by atoms with Crippen molar-refractivity contribution < 1.29 is 14.1 Å². The van der Waals surface area contributed by atoms with Gasteiger partial charge in [0.25, 0.3) is 5.89 Å². The predicted octanol–water partition coefficient (Wildman–Crippen LogP) is 4.65. The van der Waals surface area contributed by atoms with Crippen molar-refractivity contribution in [3.8, 4) is 28.6 Å². The lowest BCUT2D eigenvalue weighted by molar-refractivity contribution is -0.125. The predicted molar refractivity (Wildman–Crippen MR) is 137 cm³/mol. The topological polar surface area (TPSA) is 93.4 Å². The Morgan fingerprint density at radius 1 is 1.11 bits per heavy atom. The number of rotatable bonds is 7. The number of aromatic nitrogens is 3. The number of carbonyl (C=O) groups excluding carboxylic acids is 1. The van der Waals surface area contributed by atoms with Gasteiger partial charge in [-0.15, -0.1) is 0 Å². The van der Waals surface area contributed by atoms with E-state index in [1.165, 1.54) is 0 Å². The van der Waals surface area contributed by atoms with Gasteiger partial charge >= 0.3 is 0 Å². The summed E-state index contributed by atoms with van der Waals surface area (Å²) >= 11 is 0. The molecule has 184 valence electrons. The van der Waals surface area contributed by atoms with E-state index in [2.05, 4.69) is 25.3 Å². The van der Waals surface area contributed by atoms with Crippen LogP contribution in [-0.2, 0) is 11.3 Å². The highest BCUT2D eigenvalue weighted by Crippen LogP contribution is 2.32. The molecule has 0 bridgehead atoms. The first-order valence-electron chi connectivity index (χ1n) is 12.1. The number of ether oxygens (including phenoxy) is 1. The fourth-order valence-electron chi connectivity index (χ4n) is 4.52. The standard InChI is InChI=1S/C28H29N5O3/c1-19-6-3-8-22(16-19)25-31-28(36-32-25)24-10-5-13-29-26(24)33-14-11-21(12-15-33)27(34)30-18-20-7-4-9-23(17-20)35-2/h3-10,13,16-17,21H,11-12,14-15,18H2,1-2H3,(H,30,34).